The Labute approximate surface area is 158 Å². The molecule has 0 spiro atoms. The topological polar surface area (TPSA) is 115 Å². The Morgan fingerprint density at radius 1 is 1.37 bits per heavy atom. The number of pyridine rings is 1. The van der Waals surface area contributed by atoms with Crippen molar-refractivity contribution in [3.8, 4) is 5.75 Å². The summed E-state index contributed by atoms with van der Waals surface area (Å²) in [6.07, 6.45) is 3.32. The van der Waals surface area contributed by atoms with Gasteiger partial charge in [0.2, 0.25) is 0 Å². The quantitative estimate of drug-likeness (QED) is 0.603. The number of hydrogen-bond acceptors (Lipinski definition) is 6. The van der Waals surface area contributed by atoms with Crippen LogP contribution < -0.4 is 15.8 Å². The molecule has 8 heteroatoms. The lowest BCUT2D eigenvalue weighted by Crippen LogP contribution is -2.25. The number of aromatic nitrogens is 1. The highest BCUT2D eigenvalue weighted by Gasteiger charge is 2.24. The van der Waals surface area contributed by atoms with Crippen molar-refractivity contribution in [1.29, 1.82) is 0 Å². The van der Waals surface area contributed by atoms with Crippen molar-refractivity contribution >= 4 is 39.1 Å². The van der Waals surface area contributed by atoms with Gasteiger partial charge in [-0.15, -0.1) is 11.3 Å². The van der Waals surface area contributed by atoms with Gasteiger partial charge in [0, 0.05) is 28.8 Å². The number of aromatic carboxylic acids is 1. The van der Waals surface area contributed by atoms with E-state index in [1.807, 2.05) is 5.38 Å². The number of anilines is 1. The molecule has 3 aromatic rings. The zero-order chi connectivity index (χ0) is 19.0. The number of rotatable bonds is 6. The Bertz CT molecular complexity index is 1040. The van der Waals surface area contributed by atoms with Gasteiger partial charge in [-0.25, -0.2) is 9.78 Å². The molecule has 4 N–H and O–H groups in total. The van der Waals surface area contributed by atoms with Crippen LogP contribution in [0.5, 0.6) is 5.75 Å². The fourth-order valence-electron chi connectivity index (χ4n) is 2.77. The molecular weight excluding hydrogens is 366 g/mol. The van der Waals surface area contributed by atoms with E-state index < -0.39 is 5.97 Å². The van der Waals surface area contributed by atoms with Crippen LogP contribution in [0.2, 0.25) is 0 Å². The summed E-state index contributed by atoms with van der Waals surface area (Å²) < 4.78 is 6.40. The maximum atomic E-state index is 12.2. The maximum absolute atomic E-state index is 12.2. The number of hydrogen-bond donors (Lipinski definition) is 3. The van der Waals surface area contributed by atoms with Crippen LogP contribution in [0.3, 0.4) is 0 Å². The number of nitrogen functional groups attached to an aromatic ring is 1. The monoisotopic (exact) mass is 383 g/mol. The highest BCUT2D eigenvalue weighted by Crippen LogP contribution is 2.33. The molecule has 7 nitrogen and oxygen atoms in total. The molecule has 0 bridgehead atoms. The van der Waals surface area contributed by atoms with Crippen LogP contribution in [0.4, 0.5) is 5.82 Å². The van der Waals surface area contributed by atoms with E-state index in [2.05, 4.69) is 10.3 Å². The molecule has 27 heavy (non-hydrogen) atoms. The van der Waals surface area contributed by atoms with Gasteiger partial charge in [-0.05, 0) is 36.4 Å². The molecule has 1 aromatic carbocycles. The number of carboxylic acid groups (broad SMARTS) is 1. The van der Waals surface area contributed by atoms with E-state index in [4.69, 9.17) is 10.5 Å². The van der Waals surface area contributed by atoms with Crippen LogP contribution >= 0.6 is 11.3 Å². The van der Waals surface area contributed by atoms with Gasteiger partial charge in [0.1, 0.15) is 18.2 Å². The van der Waals surface area contributed by atoms with E-state index in [1.165, 1.54) is 17.5 Å². The second-order valence-electron chi connectivity index (χ2n) is 6.39. The Hall–Kier alpha value is -3.13. The average Bonchev–Trinajstić information content (AvgIpc) is 3.36. The highest BCUT2D eigenvalue weighted by molar-refractivity contribution is 7.17. The fraction of sp³-hybridized carbons (Fsp3) is 0.211. The summed E-state index contributed by atoms with van der Waals surface area (Å²) in [5.41, 5.74) is 7.37. The third-order valence-corrected chi connectivity index (χ3v) is 5.40. The number of nitrogens with zero attached hydrogens (tertiary/aromatic N) is 1. The van der Waals surface area contributed by atoms with E-state index >= 15 is 0 Å². The summed E-state index contributed by atoms with van der Waals surface area (Å²) in [5.74, 6) is -0.328. The molecule has 0 radical (unpaired) electrons. The molecule has 0 aliphatic heterocycles. The van der Waals surface area contributed by atoms with Crippen molar-refractivity contribution in [2.75, 3.05) is 5.73 Å². The normalized spacial score (nSPS) is 13.5. The van der Waals surface area contributed by atoms with Crippen molar-refractivity contribution in [1.82, 2.24) is 10.3 Å². The second kappa shape index (κ2) is 6.88. The SMILES string of the molecule is Nc1ncc(C(=O)O)c2scc(COc3cccc(C(=O)NC4CC4)c3)c12. The van der Waals surface area contributed by atoms with E-state index in [0.29, 0.717) is 21.4 Å². The lowest BCUT2D eigenvalue weighted by Gasteiger charge is -2.09. The zero-order valence-corrected chi connectivity index (χ0v) is 15.1. The Morgan fingerprint density at radius 3 is 2.93 bits per heavy atom. The smallest absolute Gasteiger partial charge is 0.338 e. The van der Waals surface area contributed by atoms with Gasteiger partial charge in [-0.2, -0.15) is 0 Å². The minimum absolute atomic E-state index is 0.108. The molecule has 0 atom stereocenters. The minimum atomic E-state index is -1.05. The predicted molar refractivity (Wildman–Crippen MR) is 102 cm³/mol. The number of ether oxygens (including phenoxy) is 1. The highest BCUT2D eigenvalue weighted by atomic mass is 32.1. The first-order valence-corrected chi connectivity index (χ1v) is 9.32. The number of amides is 1. The predicted octanol–water partition coefficient (Wildman–Crippen LogP) is 3.05. The van der Waals surface area contributed by atoms with Crippen molar-refractivity contribution in [3.63, 3.8) is 0 Å². The van der Waals surface area contributed by atoms with Crippen LogP contribution in [0, 0.1) is 0 Å². The Morgan fingerprint density at radius 2 is 2.19 bits per heavy atom. The van der Waals surface area contributed by atoms with E-state index in [9.17, 15) is 14.7 Å². The molecule has 138 valence electrons. The van der Waals surface area contributed by atoms with Crippen molar-refractivity contribution in [2.45, 2.75) is 25.5 Å². The van der Waals surface area contributed by atoms with Crippen molar-refractivity contribution < 1.29 is 19.4 Å². The number of carbonyl (C=O) groups excluding carboxylic acids is 1. The summed E-state index contributed by atoms with van der Waals surface area (Å²) in [4.78, 5) is 27.5. The summed E-state index contributed by atoms with van der Waals surface area (Å²) >= 11 is 1.30. The number of thiophene rings is 1. The second-order valence-corrected chi connectivity index (χ2v) is 7.27. The molecule has 1 fully saturated rings. The van der Waals surface area contributed by atoms with Crippen LogP contribution in [0.25, 0.3) is 10.1 Å². The summed E-state index contributed by atoms with van der Waals surface area (Å²) in [6, 6.07) is 7.26. The van der Waals surface area contributed by atoms with Gasteiger partial charge in [0.25, 0.3) is 5.91 Å². The largest absolute Gasteiger partial charge is 0.489 e. The van der Waals surface area contributed by atoms with Gasteiger partial charge < -0.3 is 20.9 Å². The number of carbonyl (C=O) groups is 2. The van der Waals surface area contributed by atoms with E-state index in [0.717, 1.165) is 18.4 Å². The first-order chi connectivity index (χ1) is 13.0. The summed E-state index contributed by atoms with van der Waals surface area (Å²) in [7, 11) is 0. The lowest BCUT2D eigenvalue weighted by molar-refractivity contribution is 0.0698. The molecule has 0 saturated heterocycles. The molecule has 2 aromatic heterocycles. The standard InChI is InChI=1S/C19H17N3O4S/c20-17-15-11(9-27-16(15)14(7-21-17)19(24)25)8-26-13-3-1-2-10(6-13)18(23)22-12-4-5-12/h1-3,6-7,9,12H,4-5,8H2,(H2,20,21)(H,22,23)(H,24,25). The van der Waals surface area contributed by atoms with Crippen LogP contribution in [-0.2, 0) is 6.61 Å². The Kier molecular flexibility index (Phi) is 4.41. The van der Waals surface area contributed by atoms with Gasteiger partial charge in [-0.1, -0.05) is 6.07 Å². The van der Waals surface area contributed by atoms with Crippen LogP contribution in [0.1, 0.15) is 39.1 Å². The molecule has 4 rings (SSSR count). The molecule has 2 heterocycles. The first-order valence-electron chi connectivity index (χ1n) is 8.44. The molecule has 1 aliphatic rings. The minimum Gasteiger partial charge on any atom is -0.489 e. The zero-order valence-electron chi connectivity index (χ0n) is 14.3. The van der Waals surface area contributed by atoms with Crippen molar-refractivity contribution in [3.05, 3.63) is 52.5 Å². The lowest BCUT2D eigenvalue weighted by atomic mass is 10.1. The van der Waals surface area contributed by atoms with Crippen LogP contribution in [0.15, 0.2) is 35.8 Å². The van der Waals surface area contributed by atoms with Crippen molar-refractivity contribution in [2.24, 2.45) is 0 Å². The van der Waals surface area contributed by atoms with Gasteiger partial charge in [-0.3, -0.25) is 4.79 Å². The Balaban J connectivity index is 1.54. The number of nitrogens with two attached hydrogens (primary N) is 1. The summed E-state index contributed by atoms with van der Waals surface area (Å²) in [6.45, 7) is 0.197. The number of fused-ring (bicyclic) bond motifs is 1. The number of nitrogens with one attached hydrogen (secondary N) is 1. The number of carboxylic acids is 1. The van der Waals surface area contributed by atoms with Crippen LogP contribution in [-0.4, -0.2) is 28.0 Å². The third-order valence-electron chi connectivity index (χ3n) is 4.33. The van der Waals surface area contributed by atoms with Gasteiger partial charge in [0.15, 0.2) is 0 Å². The fourth-order valence-corrected chi connectivity index (χ4v) is 3.84. The molecular formula is C19H17N3O4S. The number of benzene rings is 1. The maximum Gasteiger partial charge on any atom is 0.338 e. The van der Waals surface area contributed by atoms with Gasteiger partial charge >= 0.3 is 5.97 Å². The molecule has 1 amide bonds. The van der Waals surface area contributed by atoms with E-state index in [-0.39, 0.29) is 29.9 Å². The molecule has 1 saturated carbocycles. The average molecular weight is 383 g/mol. The van der Waals surface area contributed by atoms with Gasteiger partial charge in [0.05, 0.1) is 10.3 Å². The summed E-state index contributed by atoms with van der Waals surface area (Å²) in [5, 5.41) is 14.7. The molecule has 1 aliphatic carbocycles. The molecule has 0 unspecified atom stereocenters. The third kappa shape index (κ3) is 3.56. The first kappa shape index (κ1) is 17.3. The van der Waals surface area contributed by atoms with E-state index in [1.54, 1.807) is 24.3 Å².